The molecule has 0 aliphatic rings. The minimum Gasteiger partial charge on any atom is -0.508 e. The van der Waals surface area contributed by atoms with Crippen LogP contribution in [0.15, 0.2) is 18.2 Å². The van der Waals surface area contributed by atoms with Crippen molar-refractivity contribution < 1.29 is 19.8 Å². The average Bonchev–Trinajstić information content (AvgIpc) is 2.31. The van der Waals surface area contributed by atoms with Crippen molar-refractivity contribution >= 4 is 23.5 Å². The van der Waals surface area contributed by atoms with E-state index in [-0.39, 0.29) is 22.8 Å². The summed E-state index contributed by atoms with van der Waals surface area (Å²) in [6, 6.07) is 3.59. The lowest BCUT2D eigenvalue weighted by atomic mass is 10.1. The number of carbonyl (C=O) groups is 2. The van der Waals surface area contributed by atoms with Crippen LogP contribution in [-0.2, 0) is 4.79 Å². The summed E-state index contributed by atoms with van der Waals surface area (Å²) in [5.74, 6) is -1.53. The van der Waals surface area contributed by atoms with E-state index in [0.29, 0.717) is 6.42 Å². The molecular formula is C13H16ClNO4. The highest BCUT2D eigenvalue weighted by Gasteiger charge is 2.18. The Bertz CT molecular complexity index is 476. The van der Waals surface area contributed by atoms with Crippen LogP contribution in [0.3, 0.4) is 0 Å². The average molecular weight is 286 g/mol. The minimum atomic E-state index is -0.972. The molecule has 0 heterocycles. The fraction of sp³-hybridized carbons (Fsp3) is 0.385. The van der Waals surface area contributed by atoms with E-state index in [0.717, 1.165) is 6.42 Å². The van der Waals surface area contributed by atoms with Gasteiger partial charge in [-0.2, -0.15) is 0 Å². The molecule has 19 heavy (non-hydrogen) atoms. The first kappa shape index (κ1) is 15.3. The highest BCUT2D eigenvalue weighted by atomic mass is 35.5. The van der Waals surface area contributed by atoms with Crippen LogP contribution in [-0.4, -0.2) is 28.1 Å². The van der Waals surface area contributed by atoms with Crippen LogP contribution in [0.5, 0.6) is 5.75 Å². The molecule has 1 unspecified atom stereocenters. The monoisotopic (exact) mass is 285 g/mol. The van der Waals surface area contributed by atoms with Gasteiger partial charge in [0.2, 0.25) is 0 Å². The second-order valence-electron chi connectivity index (χ2n) is 4.22. The van der Waals surface area contributed by atoms with Crippen molar-refractivity contribution in [1.82, 2.24) is 5.32 Å². The highest BCUT2D eigenvalue weighted by molar-refractivity contribution is 6.33. The summed E-state index contributed by atoms with van der Waals surface area (Å²) < 4.78 is 0. The third-order valence-electron chi connectivity index (χ3n) is 2.59. The molecule has 0 saturated carbocycles. The van der Waals surface area contributed by atoms with E-state index >= 15 is 0 Å². The van der Waals surface area contributed by atoms with Gasteiger partial charge in [-0.25, -0.2) is 0 Å². The third-order valence-corrected chi connectivity index (χ3v) is 2.92. The van der Waals surface area contributed by atoms with Crippen LogP contribution in [0.1, 0.15) is 36.5 Å². The van der Waals surface area contributed by atoms with E-state index in [1.165, 1.54) is 18.2 Å². The number of phenolic OH excluding ortho intramolecular Hbond substituents is 1. The predicted molar refractivity (Wildman–Crippen MR) is 71.5 cm³/mol. The number of phenols is 1. The van der Waals surface area contributed by atoms with Gasteiger partial charge in [-0.3, -0.25) is 9.59 Å². The number of aliphatic carboxylic acids is 1. The maximum absolute atomic E-state index is 12.0. The summed E-state index contributed by atoms with van der Waals surface area (Å²) >= 11 is 5.87. The first-order valence-electron chi connectivity index (χ1n) is 5.95. The SMILES string of the molecule is CCCC(CC(=O)O)NC(=O)c1cc(O)ccc1Cl. The second kappa shape index (κ2) is 6.99. The quantitative estimate of drug-likeness (QED) is 0.749. The molecule has 0 bridgehead atoms. The maximum Gasteiger partial charge on any atom is 0.305 e. The zero-order chi connectivity index (χ0) is 14.4. The number of aromatic hydroxyl groups is 1. The summed E-state index contributed by atoms with van der Waals surface area (Å²) in [7, 11) is 0. The number of rotatable bonds is 6. The molecule has 0 aliphatic carbocycles. The van der Waals surface area contributed by atoms with Crippen molar-refractivity contribution in [3.8, 4) is 5.75 Å². The molecular weight excluding hydrogens is 270 g/mol. The number of carboxylic acid groups (broad SMARTS) is 1. The lowest BCUT2D eigenvalue weighted by Gasteiger charge is -2.16. The van der Waals surface area contributed by atoms with E-state index in [1.54, 1.807) is 0 Å². The fourth-order valence-electron chi connectivity index (χ4n) is 1.73. The zero-order valence-corrected chi connectivity index (χ0v) is 11.3. The molecule has 0 aliphatic heterocycles. The van der Waals surface area contributed by atoms with E-state index in [1.807, 2.05) is 6.92 Å². The number of carboxylic acids is 1. The second-order valence-corrected chi connectivity index (χ2v) is 4.63. The fourth-order valence-corrected chi connectivity index (χ4v) is 1.94. The van der Waals surface area contributed by atoms with E-state index in [9.17, 15) is 14.7 Å². The van der Waals surface area contributed by atoms with Crippen LogP contribution in [0, 0.1) is 0 Å². The van der Waals surface area contributed by atoms with Crippen LogP contribution in [0.25, 0.3) is 0 Å². The number of halogens is 1. The summed E-state index contributed by atoms with van der Waals surface area (Å²) in [6.07, 6.45) is 1.18. The van der Waals surface area contributed by atoms with E-state index in [4.69, 9.17) is 16.7 Å². The molecule has 0 fully saturated rings. The predicted octanol–water partition coefficient (Wildman–Crippen LogP) is 2.42. The van der Waals surface area contributed by atoms with Gasteiger partial charge in [-0.05, 0) is 24.6 Å². The van der Waals surface area contributed by atoms with Gasteiger partial charge >= 0.3 is 5.97 Å². The van der Waals surface area contributed by atoms with Crippen molar-refractivity contribution in [1.29, 1.82) is 0 Å². The van der Waals surface area contributed by atoms with Crippen molar-refractivity contribution in [2.45, 2.75) is 32.2 Å². The Hall–Kier alpha value is -1.75. The number of benzene rings is 1. The molecule has 6 heteroatoms. The molecule has 1 amide bonds. The Morgan fingerprint density at radius 3 is 2.68 bits per heavy atom. The number of hydrogen-bond acceptors (Lipinski definition) is 3. The van der Waals surface area contributed by atoms with E-state index < -0.39 is 17.9 Å². The van der Waals surface area contributed by atoms with Crippen molar-refractivity contribution in [2.24, 2.45) is 0 Å². The molecule has 3 N–H and O–H groups in total. The lowest BCUT2D eigenvalue weighted by Crippen LogP contribution is -2.36. The standard InChI is InChI=1S/C13H16ClNO4/c1-2-3-8(6-12(17)18)15-13(19)10-7-9(16)4-5-11(10)14/h4-5,7-8,16H,2-3,6H2,1H3,(H,15,19)(H,17,18). The smallest absolute Gasteiger partial charge is 0.305 e. The molecule has 1 atom stereocenters. The minimum absolute atomic E-state index is 0.0696. The normalized spacial score (nSPS) is 11.9. The molecule has 104 valence electrons. The summed E-state index contributed by atoms with van der Waals surface area (Å²) in [4.78, 5) is 22.7. The third kappa shape index (κ3) is 4.79. The van der Waals surface area contributed by atoms with Gasteiger partial charge in [0.25, 0.3) is 5.91 Å². The molecule has 1 aromatic rings. The molecule has 1 aromatic carbocycles. The Kier molecular flexibility index (Phi) is 5.63. The highest BCUT2D eigenvalue weighted by Crippen LogP contribution is 2.21. The molecule has 0 spiro atoms. The van der Waals surface area contributed by atoms with Crippen molar-refractivity contribution in [3.63, 3.8) is 0 Å². The Morgan fingerprint density at radius 2 is 2.11 bits per heavy atom. The molecule has 0 radical (unpaired) electrons. The zero-order valence-electron chi connectivity index (χ0n) is 10.5. The van der Waals surface area contributed by atoms with Gasteiger partial charge < -0.3 is 15.5 Å². The number of amides is 1. The molecule has 5 nitrogen and oxygen atoms in total. The summed E-state index contributed by atoms with van der Waals surface area (Å²) in [5.41, 5.74) is 0.133. The lowest BCUT2D eigenvalue weighted by molar-refractivity contribution is -0.137. The first-order valence-corrected chi connectivity index (χ1v) is 6.33. The molecule has 0 saturated heterocycles. The Balaban J connectivity index is 2.81. The molecule has 1 rings (SSSR count). The summed E-state index contributed by atoms with van der Waals surface area (Å²) in [5, 5.41) is 20.9. The van der Waals surface area contributed by atoms with Gasteiger partial charge in [-0.15, -0.1) is 0 Å². The summed E-state index contributed by atoms with van der Waals surface area (Å²) in [6.45, 7) is 1.91. The van der Waals surface area contributed by atoms with Crippen LogP contribution >= 0.6 is 11.6 Å². The van der Waals surface area contributed by atoms with Crippen LogP contribution in [0.4, 0.5) is 0 Å². The number of hydrogen-bond donors (Lipinski definition) is 3. The van der Waals surface area contributed by atoms with Gasteiger partial charge in [0.1, 0.15) is 5.75 Å². The number of nitrogens with one attached hydrogen (secondary N) is 1. The van der Waals surface area contributed by atoms with Crippen molar-refractivity contribution in [2.75, 3.05) is 0 Å². The van der Waals surface area contributed by atoms with Crippen LogP contribution in [0.2, 0.25) is 5.02 Å². The number of carbonyl (C=O) groups excluding carboxylic acids is 1. The molecule has 0 aromatic heterocycles. The van der Waals surface area contributed by atoms with Crippen molar-refractivity contribution in [3.05, 3.63) is 28.8 Å². The van der Waals surface area contributed by atoms with Gasteiger partial charge in [0, 0.05) is 6.04 Å². The Labute approximate surface area is 116 Å². The largest absolute Gasteiger partial charge is 0.508 e. The van der Waals surface area contributed by atoms with Gasteiger partial charge in [0.15, 0.2) is 0 Å². The first-order chi connectivity index (χ1) is 8.93. The van der Waals surface area contributed by atoms with Crippen LogP contribution < -0.4 is 5.32 Å². The van der Waals surface area contributed by atoms with Gasteiger partial charge in [-0.1, -0.05) is 24.9 Å². The topological polar surface area (TPSA) is 86.6 Å². The van der Waals surface area contributed by atoms with Gasteiger partial charge in [0.05, 0.1) is 17.0 Å². The maximum atomic E-state index is 12.0. The Morgan fingerprint density at radius 1 is 1.42 bits per heavy atom. The van der Waals surface area contributed by atoms with E-state index in [2.05, 4.69) is 5.32 Å².